The van der Waals surface area contributed by atoms with E-state index < -0.39 is 0 Å². The van der Waals surface area contributed by atoms with Crippen molar-refractivity contribution in [3.63, 3.8) is 0 Å². The van der Waals surface area contributed by atoms with Crippen LogP contribution in [0.2, 0.25) is 0 Å². The summed E-state index contributed by atoms with van der Waals surface area (Å²) in [5.74, 6) is -0.366. The van der Waals surface area contributed by atoms with E-state index in [0.717, 1.165) is 12.8 Å². The van der Waals surface area contributed by atoms with Crippen LogP contribution >= 0.6 is 0 Å². The lowest BCUT2D eigenvalue weighted by Gasteiger charge is -2.29. The van der Waals surface area contributed by atoms with Crippen molar-refractivity contribution >= 4 is 0 Å². The zero-order valence-electron chi connectivity index (χ0n) is 5.89. The van der Waals surface area contributed by atoms with Crippen molar-refractivity contribution in [1.82, 2.24) is 0 Å². The third kappa shape index (κ3) is 1.45. The minimum Gasteiger partial charge on any atom is -0.471 e. The number of allylic oxidation sites excluding steroid dienone is 1. The molecule has 0 N–H and O–H groups in total. The van der Waals surface area contributed by atoms with Gasteiger partial charge in [0, 0.05) is 20.5 Å². The van der Waals surface area contributed by atoms with E-state index in [4.69, 9.17) is 9.47 Å². The van der Waals surface area contributed by atoms with Gasteiger partial charge in [0.25, 0.3) is 0 Å². The van der Waals surface area contributed by atoms with Crippen LogP contribution in [-0.4, -0.2) is 12.9 Å². The molecule has 0 aromatic carbocycles. The lowest BCUT2D eigenvalue weighted by Crippen LogP contribution is -2.30. The van der Waals surface area contributed by atoms with Gasteiger partial charge in [-0.3, -0.25) is 0 Å². The summed E-state index contributed by atoms with van der Waals surface area (Å²) < 4.78 is 10.3. The molecular weight excluding hydrogens is 116 g/mol. The van der Waals surface area contributed by atoms with Gasteiger partial charge in [0.1, 0.15) is 0 Å². The topological polar surface area (TPSA) is 18.5 Å². The maximum absolute atomic E-state index is 5.21. The standard InChI is InChI=1S/C7H12O2/c1-7(8-2)5-3-4-6-9-7/h4,6H,3,5H2,1-2H3. The zero-order chi connectivity index (χ0) is 6.74. The van der Waals surface area contributed by atoms with E-state index in [2.05, 4.69) is 0 Å². The van der Waals surface area contributed by atoms with Crippen molar-refractivity contribution < 1.29 is 9.47 Å². The van der Waals surface area contributed by atoms with Gasteiger partial charge >= 0.3 is 0 Å². The Bertz CT molecular complexity index is 120. The Labute approximate surface area is 55.5 Å². The maximum atomic E-state index is 5.21. The Morgan fingerprint density at radius 3 is 2.78 bits per heavy atom. The minimum atomic E-state index is -0.366. The Hall–Kier alpha value is -0.500. The van der Waals surface area contributed by atoms with E-state index in [1.807, 2.05) is 13.0 Å². The van der Waals surface area contributed by atoms with Crippen LogP contribution in [0.25, 0.3) is 0 Å². The van der Waals surface area contributed by atoms with Crippen LogP contribution in [0.1, 0.15) is 19.8 Å². The summed E-state index contributed by atoms with van der Waals surface area (Å²) in [6.07, 6.45) is 5.69. The molecule has 0 fully saturated rings. The highest BCUT2D eigenvalue weighted by molar-refractivity contribution is 4.84. The molecule has 0 aromatic heterocycles. The van der Waals surface area contributed by atoms with Crippen molar-refractivity contribution in [3.8, 4) is 0 Å². The average Bonchev–Trinajstić information content (AvgIpc) is 1.90. The highest BCUT2D eigenvalue weighted by Crippen LogP contribution is 2.22. The van der Waals surface area contributed by atoms with Gasteiger partial charge < -0.3 is 9.47 Å². The Kier molecular flexibility index (Phi) is 1.76. The fourth-order valence-corrected chi connectivity index (χ4v) is 0.815. The number of rotatable bonds is 1. The summed E-state index contributed by atoms with van der Waals surface area (Å²) in [6.45, 7) is 1.94. The van der Waals surface area contributed by atoms with Gasteiger partial charge in [0.15, 0.2) is 0 Å². The predicted octanol–water partition coefficient (Wildman–Crippen LogP) is 1.67. The quantitative estimate of drug-likeness (QED) is 0.534. The van der Waals surface area contributed by atoms with Gasteiger partial charge in [-0.2, -0.15) is 0 Å². The lowest BCUT2D eigenvalue weighted by atomic mass is 10.1. The van der Waals surface area contributed by atoms with E-state index in [1.54, 1.807) is 13.4 Å². The largest absolute Gasteiger partial charge is 0.471 e. The Balaban J connectivity index is 2.50. The summed E-state index contributed by atoms with van der Waals surface area (Å²) in [6, 6.07) is 0. The fraction of sp³-hybridized carbons (Fsp3) is 0.714. The third-order valence-corrected chi connectivity index (χ3v) is 1.61. The number of ether oxygens (including phenoxy) is 2. The van der Waals surface area contributed by atoms with Crippen LogP contribution < -0.4 is 0 Å². The summed E-state index contributed by atoms with van der Waals surface area (Å²) in [5, 5.41) is 0. The second kappa shape index (κ2) is 2.40. The Morgan fingerprint density at radius 2 is 2.44 bits per heavy atom. The van der Waals surface area contributed by atoms with Gasteiger partial charge in [0.05, 0.1) is 6.26 Å². The van der Waals surface area contributed by atoms with E-state index in [0.29, 0.717) is 0 Å². The lowest BCUT2D eigenvalue weighted by molar-refractivity contribution is -0.185. The molecular formula is C7H12O2. The summed E-state index contributed by atoms with van der Waals surface area (Å²) in [7, 11) is 1.67. The predicted molar refractivity (Wildman–Crippen MR) is 34.9 cm³/mol. The second-order valence-electron chi connectivity index (χ2n) is 2.37. The molecule has 1 unspecified atom stereocenters. The molecule has 0 bridgehead atoms. The Morgan fingerprint density at radius 1 is 1.67 bits per heavy atom. The molecule has 52 valence electrons. The third-order valence-electron chi connectivity index (χ3n) is 1.61. The van der Waals surface area contributed by atoms with Crippen LogP contribution in [0.4, 0.5) is 0 Å². The summed E-state index contributed by atoms with van der Waals surface area (Å²) >= 11 is 0. The smallest absolute Gasteiger partial charge is 0.206 e. The molecule has 0 radical (unpaired) electrons. The maximum Gasteiger partial charge on any atom is 0.206 e. The van der Waals surface area contributed by atoms with Crippen LogP contribution in [0.15, 0.2) is 12.3 Å². The second-order valence-corrected chi connectivity index (χ2v) is 2.37. The molecule has 1 atom stereocenters. The van der Waals surface area contributed by atoms with Gasteiger partial charge in [0.2, 0.25) is 5.79 Å². The molecule has 0 amide bonds. The summed E-state index contributed by atoms with van der Waals surface area (Å²) in [5.41, 5.74) is 0. The van der Waals surface area contributed by atoms with Crippen LogP contribution in [0.5, 0.6) is 0 Å². The van der Waals surface area contributed by atoms with Crippen LogP contribution in [0.3, 0.4) is 0 Å². The molecule has 0 saturated heterocycles. The monoisotopic (exact) mass is 128 g/mol. The number of methoxy groups -OCH3 is 1. The first-order chi connectivity index (χ1) is 4.27. The summed E-state index contributed by atoms with van der Waals surface area (Å²) in [4.78, 5) is 0. The molecule has 9 heavy (non-hydrogen) atoms. The van der Waals surface area contributed by atoms with Gasteiger partial charge in [-0.15, -0.1) is 0 Å². The minimum absolute atomic E-state index is 0.366. The molecule has 1 aliphatic heterocycles. The molecule has 0 spiro atoms. The normalized spacial score (nSPS) is 34.0. The van der Waals surface area contributed by atoms with Crippen molar-refractivity contribution in [2.45, 2.75) is 25.6 Å². The SMILES string of the molecule is COC1(C)CCC=CO1. The van der Waals surface area contributed by atoms with E-state index in [-0.39, 0.29) is 5.79 Å². The molecule has 2 nitrogen and oxygen atoms in total. The van der Waals surface area contributed by atoms with E-state index in [9.17, 15) is 0 Å². The van der Waals surface area contributed by atoms with E-state index >= 15 is 0 Å². The van der Waals surface area contributed by atoms with Crippen molar-refractivity contribution in [2.75, 3.05) is 7.11 Å². The average molecular weight is 128 g/mol. The zero-order valence-corrected chi connectivity index (χ0v) is 5.89. The molecule has 1 heterocycles. The van der Waals surface area contributed by atoms with Crippen molar-refractivity contribution in [1.29, 1.82) is 0 Å². The number of hydrogen-bond donors (Lipinski definition) is 0. The molecule has 1 aliphatic rings. The fourth-order valence-electron chi connectivity index (χ4n) is 0.815. The van der Waals surface area contributed by atoms with Crippen LogP contribution in [-0.2, 0) is 9.47 Å². The first-order valence-corrected chi connectivity index (χ1v) is 3.15. The van der Waals surface area contributed by atoms with E-state index in [1.165, 1.54) is 0 Å². The van der Waals surface area contributed by atoms with Gasteiger partial charge in [-0.1, -0.05) is 0 Å². The van der Waals surface area contributed by atoms with Crippen molar-refractivity contribution in [3.05, 3.63) is 12.3 Å². The highest BCUT2D eigenvalue weighted by Gasteiger charge is 2.24. The molecule has 1 rings (SSSR count). The van der Waals surface area contributed by atoms with Crippen molar-refractivity contribution in [2.24, 2.45) is 0 Å². The van der Waals surface area contributed by atoms with Crippen LogP contribution in [0, 0.1) is 0 Å². The molecule has 0 aromatic rings. The molecule has 2 heteroatoms. The van der Waals surface area contributed by atoms with Gasteiger partial charge in [-0.05, 0) is 12.5 Å². The highest BCUT2D eigenvalue weighted by atomic mass is 16.7. The first-order valence-electron chi connectivity index (χ1n) is 3.15. The number of hydrogen-bond acceptors (Lipinski definition) is 2. The van der Waals surface area contributed by atoms with Gasteiger partial charge in [-0.25, -0.2) is 0 Å². The molecule has 0 aliphatic carbocycles. The molecule has 0 saturated carbocycles. The first kappa shape index (κ1) is 6.62.